The van der Waals surface area contributed by atoms with Crippen molar-refractivity contribution < 1.29 is 0 Å². The van der Waals surface area contributed by atoms with Gasteiger partial charge in [-0.1, -0.05) is 104 Å². The van der Waals surface area contributed by atoms with Crippen LogP contribution in [0.4, 0.5) is 0 Å². The topological polar surface area (TPSA) is 0 Å². The molecule has 24 heavy (non-hydrogen) atoms. The second-order valence-corrected chi connectivity index (χ2v) is 9.77. The summed E-state index contributed by atoms with van der Waals surface area (Å²) in [6.07, 6.45) is 21.5. The third kappa shape index (κ3) is 14.1. The monoisotopic (exact) mass is 350 g/mol. The smallest absolute Gasteiger partial charge is 0.00452 e. The highest BCUT2D eigenvalue weighted by molar-refractivity contribution is 7.09. The first-order valence-electron chi connectivity index (χ1n) is 10.6. The maximum Gasteiger partial charge on any atom is 0.00452 e. The summed E-state index contributed by atoms with van der Waals surface area (Å²) in [5.41, 5.74) is 0.532. The maximum atomic E-state index is 2.36. The van der Waals surface area contributed by atoms with Crippen LogP contribution in [0.3, 0.4) is 0 Å². The van der Waals surface area contributed by atoms with Crippen molar-refractivity contribution in [3.05, 3.63) is 22.4 Å². The Labute approximate surface area is 156 Å². The standard InChI is InChI=1S/C23H42S/c1-23(2,3)20-16-14-12-10-8-6-4-5-7-9-11-13-15-18-22-19-17-21-24-22/h17,19,21H,4-16,18,20H2,1-3H3. The van der Waals surface area contributed by atoms with Crippen molar-refractivity contribution in [1.29, 1.82) is 0 Å². The Morgan fingerprint density at radius 3 is 1.54 bits per heavy atom. The zero-order valence-corrected chi connectivity index (χ0v) is 17.6. The van der Waals surface area contributed by atoms with Gasteiger partial charge < -0.3 is 0 Å². The largest absolute Gasteiger partial charge is 0.149 e. The predicted octanol–water partition coefficient (Wildman–Crippen LogP) is 8.80. The van der Waals surface area contributed by atoms with E-state index in [0.29, 0.717) is 5.41 Å². The molecule has 0 nitrogen and oxygen atoms in total. The number of rotatable bonds is 15. The minimum absolute atomic E-state index is 0.532. The van der Waals surface area contributed by atoms with Crippen molar-refractivity contribution in [3.8, 4) is 0 Å². The molecular formula is C23H42S. The van der Waals surface area contributed by atoms with Crippen molar-refractivity contribution in [3.63, 3.8) is 0 Å². The van der Waals surface area contributed by atoms with Gasteiger partial charge in [-0.25, -0.2) is 0 Å². The molecule has 0 fully saturated rings. The van der Waals surface area contributed by atoms with Crippen LogP contribution in [0.1, 0.15) is 116 Å². The minimum Gasteiger partial charge on any atom is -0.149 e. The fraction of sp³-hybridized carbons (Fsp3) is 0.826. The second kappa shape index (κ2) is 13.9. The minimum atomic E-state index is 0.532. The van der Waals surface area contributed by atoms with Crippen LogP contribution in [0.15, 0.2) is 17.5 Å². The maximum absolute atomic E-state index is 2.36. The van der Waals surface area contributed by atoms with Crippen LogP contribution in [-0.4, -0.2) is 0 Å². The number of hydrogen-bond acceptors (Lipinski definition) is 1. The third-order valence-corrected chi connectivity index (χ3v) is 5.87. The van der Waals surface area contributed by atoms with Gasteiger partial charge in [0.2, 0.25) is 0 Å². The number of thiophene rings is 1. The van der Waals surface area contributed by atoms with Gasteiger partial charge in [0.1, 0.15) is 0 Å². The summed E-state index contributed by atoms with van der Waals surface area (Å²) in [5, 5.41) is 2.20. The summed E-state index contributed by atoms with van der Waals surface area (Å²) < 4.78 is 0. The molecule has 1 rings (SSSR count). The Morgan fingerprint density at radius 2 is 1.12 bits per heavy atom. The van der Waals surface area contributed by atoms with Gasteiger partial charge in [0.25, 0.3) is 0 Å². The molecule has 0 saturated carbocycles. The molecule has 0 bridgehead atoms. The van der Waals surface area contributed by atoms with Crippen molar-refractivity contribution in [2.24, 2.45) is 5.41 Å². The van der Waals surface area contributed by atoms with E-state index in [4.69, 9.17) is 0 Å². The molecule has 1 aromatic heterocycles. The third-order valence-electron chi connectivity index (χ3n) is 4.93. The van der Waals surface area contributed by atoms with Crippen LogP contribution in [0.5, 0.6) is 0 Å². The van der Waals surface area contributed by atoms with Gasteiger partial charge in [-0.2, -0.15) is 0 Å². The van der Waals surface area contributed by atoms with Gasteiger partial charge in [-0.15, -0.1) is 11.3 Å². The molecule has 1 heteroatoms. The lowest BCUT2D eigenvalue weighted by Crippen LogP contribution is -2.03. The zero-order chi connectivity index (χ0) is 17.5. The Hall–Kier alpha value is -0.300. The van der Waals surface area contributed by atoms with E-state index in [0.717, 1.165) is 0 Å². The average molecular weight is 351 g/mol. The lowest BCUT2D eigenvalue weighted by atomic mass is 9.89. The van der Waals surface area contributed by atoms with E-state index in [1.165, 1.54) is 96.3 Å². The second-order valence-electron chi connectivity index (χ2n) is 8.74. The SMILES string of the molecule is CC(C)(C)CCCCCCCCCCCCCCCc1cccs1. The lowest BCUT2D eigenvalue weighted by Gasteiger charge is -2.17. The molecule has 1 heterocycles. The summed E-state index contributed by atoms with van der Waals surface area (Å²) in [5.74, 6) is 0. The Bertz CT molecular complexity index is 358. The molecule has 0 amide bonds. The number of aryl methyl sites for hydroxylation is 1. The summed E-state index contributed by atoms with van der Waals surface area (Å²) in [7, 11) is 0. The van der Waals surface area contributed by atoms with Crippen molar-refractivity contribution in [2.75, 3.05) is 0 Å². The highest BCUT2D eigenvalue weighted by Crippen LogP contribution is 2.22. The molecule has 140 valence electrons. The van der Waals surface area contributed by atoms with Crippen LogP contribution in [0.25, 0.3) is 0 Å². The molecule has 0 spiro atoms. The predicted molar refractivity (Wildman–Crippen MR) is 112 cm³/mol. The fourth-order valence-electron chi connectivity index (χ4n) is 3.35. The van der Waals surface area contributed by atoms with Gasteiger partial charge in [0.05, 0.1) is 0 Å². The first-order chi connectivity index (χ1) is 11.6. The average Bonchev–Trinajstić information content (AvgIpc) is 3.03. The van der Waals surface area contributed by atoms with Crippen LogP contribution < -0.4 is 0 Å². The Kier molecular flexibility index (Phi) is 12.6. The highest BCUT2D eigenvalue weighted by Gasteiger charge is 2.08. The molecule has 0 unspecified atom stereocenters. The Morgan fingerprint density at radius 1 is 0.667 bits per heavy atom. The molecule has 0 radical (unpaired) electrons. The summed E-state index contributed by atoms with van der Waals surface area (Å²) in [4.78, 5) is 1.56. The lowest BCUT2D eigenvalue weighted by molar-refractivity contribution is 0.356. The number of hydrogen-bond donors (Lipinski definition) is 0. The summed E-state index contributed by atoms with van der Waals surface area (Å²) in [6, 6.07) is 4.45. The van der Waals surface area contributed by atoms with Gasteiger partial charge in [0.15, 0.2) is 0 Å². The molecule has 0 atom stereocenters. The molecule has 0 aliphatic heterocycles. The van der Waals surface area contributed by atoms with E-state index in [2.05, 4.69) is 38.3 Å². The van der Waals surface area contributed by atoms with Gasteiger partial charge >= 0.3 is 0 Å². The van der Waals surface area contributed by atoms with Crippen molar-refractivity contribution >= 4 is 11.3 Å². The molecule has 0 N–H and O–H groups in total. The van der Waals surface area contributed by atoms with E-state index >= 15 is 0 Å². The summed E-state index contributed by atoms with van der Waals surface area (Å²) in [6.45, 7) is 7.07. The van der Waals surface area contributed by atoms with E-state index in [-0.39, 0.29) is 0 Å². The molecule has 0 aromatic carbocycles. The van der Waals surface area contributed by atoms with Gasteiger partial charge in [-0.05, 0) is 36.1 Å². The van der Waals surface area contributed by atoms with E-state index in [9.17, 15) is 0 Å². The van der Waals surface area contributed by atoms with Crippen molar-refractivity contribution in [2.45, 2.75) is 117 Å². The Balaban J connectivity index is 1.70. The molecular weight excluding hydrogens is 308 g/mol. The summed E-state index contributed by atoms with van der Waals surface area (Å²) >= 11 is 1.91. The van der Waals surface area contributed by atoms with E-state index < -0.39 is 0 Å². The van der Waals surface area contributed by atoms with E-state index in [1.54, 1.807) is 4.88 Å². The van der Waals surface area contributed by atoms with Gasteiger partial charge in [0, 0.05) is 4.88 Å². The molecule has 0 aliphatic rings. The first-order valence-corrected chi connectivity index (χ1v) is 11.5. The zero-order valence-electron chi connectivity index (χ0n) is 16.7. The van der Waals surface area contributed by atoms with Crippen LogP contribution in [0.2, 0.25) is 0 Å². The van der Waals surface area contributed by atoms with Crippen molar-refractivity contribution in [1.82, 2.24) is 0 Å². The normalized spacial score (nSPS) is 12.0. The first kappa shape index (κ1) is 21.7. The molecule has 0 aliphatic carbocycles. The molecule has 1 aromatic rings. The highest BCUT2D eigenvalue weighted by atomic mass is 32.1. The quantitative estimate of drug-likeness (QED) is 0.277. The van der Waals surface area contributed by atoms with Crippen LogP contribution >= 0.6 is 11.3 Å². The van der Waals surface area contributed by atoms with Gasteiger partial charge in [-0.3, -0.25) is 0 Å². The number of unbranched alkanes of at least 4 members (excludes halogenated alkanes) is 12. The van der Waals surface area contributed by atoms with Crippen LogP contribution in [0, 0.1) is 5.41 Å². The molecule has 0 saturated heterocycles. The van der Waals surface area contributed by atoms with E-state index in [1.807, 2.05) is 11.3 Å². The van der Waals surface area contributed by atoms with Crippen LogP contribution in [-0.2, 0) is 6.42 Å². The fourth-order valence-corrected chi connectivity index (χ4v) is 4.11.